The number of carboxylic acid groups (broad SMARTS) is 1. The highest BCUT2D eigenvalue weighted by Crippen LogP contribution is 2.14. The first-order chi connectivity index (χ1) is 7.06. The Labute approximate surface area is 90.7 Å². The van der Waals surface area contributed by atoms with Crippen LogP contribution in [-0.2, 0) is 13.0 Å². The molecule has 1 rings (SSSR count). The lowest BCUT2D eigenvalue weighted by Gasteiger charge is -2.09. The van der Waals surface area contributed by atoms with Crippen LogP contribution in [0.4, 0.5) is 0 Å². The maximum Gasteiger partial charge on any atom is 0.352 e. The summed E-state index contributed by atoms with van der Waals surface area (Å²) in [6, 6.07) is 3.62. The molecular weight excluding hydrogens is 190 g/mol. The molecule has 0 aromatic carbocycles. The number of nitrogens with zero attached hydrogens (tertiary/aromatic N) is 1. The van der Waals surface area contributed by atoms with E-state index in [9.17, 15) is 4.79 Å². The molecule has 0 saturated heterocycles. The summed E-state index contributed by atoms with van der Waals surface area (Å²) in [6.07, 6.45) is 2.06. The molecular formula is C12H19NO2. The summed E-state index contributed by atoms with van der Waals surface area (Å²) in [5.41, 5.74) is 1.53. The van der Waals surface area contributed by atoms with E-state index in [1.54, 1.807) is 6.07 Å². The normalized spacial score (nSPS) is 10.9. The lowest BCUT2D eigenvalue weighted by Crippen LogP contribution is -2.10. The van der Waals surface area contributed by atoms with Gasteiger partial charge in [0.1, 0.15) is 5.69 Å². The number of hydrogen-bond donors (Lipinski definition) is 1. The first kappa shape index (κ1) is 11.8. The Morgan fingerprint density at radius 2 is 2.13 bits per heavy atom. The van der Waals surface area contributed by atoms with Crippen LogP contribution in [0, 0.1) is 5.92 Å². The molecule has 0 aliphatic rings. The molecule has 0 unspecified atom stereocenters. The maximum absolute atomic E-state index is 10.9. The summed E-state index contributed by atoms with van der Waals surface area (Å²) in [7, 11) is 0. The number of carboxylic acids is 1. The van der Waals surface area contributed by atoms with Gasteiger partial charge >= 0.3 is 5.97 Å². The highest BCUT2D eigenvalue weighted by molar-refractivity contribution is 5.86. The lowest BCUT2D eigenvalue weighted by atomic mass is 10.1. The Balaban J connectivity index is 2.84. The van der Waals surface area contributed by atoms with Crippen molar-refractivity contribution in [1.82, 2.24) is 4.57 Å². The van der Waals surface area contributed by atoms with Crippen molar-refractivity contribution in [3.8, 4) is 0 Å². The molecule has 0 aliphatic carbocycles. The van der Waals surface area contributed by atoms with E-state index in [2.05, 4.69) is 13.8 Å². The largest absolute Gasteiger partial charge is 0.477 e. The van der Waals surface area contributed by atoms with Crippen LogP contribution >= 0.6 is 0 Å². The minimum absolute atomic E-state index is 0.399. The van der Waals surface area contributed by atoms with Crippen LogP contribution in [0.3, 0.4) is 0 Å². The highest BCUT2D eigenvalue weighted by Gasteiger charge is 2.12. The van der Waals surface area contributed by atoms with Crippen molar-refractivity contribution >= 4 is 5.97 Å². The fourth-order valence-corrected chi connectivity index (χ4v) is 1.72. The fraction of sp³-hybridized carbons (Fsp3) is 0.583. The van der Waals surface area contributed by atoms with E-state index in [1.165, 1.54) is 0 Å². The number of hydrogen-bond acceptors (Lipinski definition) is 1. The number of aromatic nitrogens is 1. The number of aromatic carboxylic acids is 1. The molecule has 0 saturated carbocycles. The molecule has 0 atom stereocenters. The Bertz CT molecular complexity index is 339. The molecule has 0 radical (unpaired) electrons. The van der Waals surface area contributed by atoms with Crippen molar-refractivity contribution in [2.75, 3.05) is 0 Å². The van der Waals surface area contributed by atoms with Crippen molar-refractivity contribution in [3.05, 3.63) is 23.5 Å². The molecule has 84 valence electrons. The monoisotopic (exact) mass is 209 g/mol. The zero-order chi connectivity index (χ0) is 11.4. The average molecular weight is 209 g/mol. The Kier molecular flexibility index (Phi) is 3.95. The van der Waals surface area contributed by atoms with E-state index in [0.717, 1.165) is 25.1 Å². The van der Waals surface area contributed by atoms with E-state index in [0.29, 0.717) is 11.6 Å². The molecule has 0 amide bonds. The van der Waals surface area contributed by atoms with Crippen molar-refractivity contribution in [3.63, 3.8) is 0 Å². The van der Waals surface area contributed by atoms with Gasteiger partial charge in [0.25, 0.3) is 0 Å². The molecule has 0 fully saturated rings. The fourth-order valence-electron chi connectivity index (χ4n) is 1.72. The van der Waals surface area contributed by atoms with Gasteiger partial charge in [0.05, 0.1) is 0 Å². The van der Waals surface area contributed by atoms with Crippen LogP contribution in [0.1, 0.15) is 43.4 Å². The van der Waals surface area contributed by atoms with Crippen LogP contribution in [0.25, 0.3) is 0 Å². The second kappa shape index (κ2) is 5.01. The molecule has 1 aromatic rings. The van der Waals surface area contributed by atoms with Crippen molar-refractivity contribution in [2.24, 2.45) is 5.92 Å². The van der Waals surface area contributed by atoms with E-state index >= 15 is 0 Å². The third-order valence-electron chi connectivity index (χ3n) is 2.58. The highest BCUT2D eigenvalue weighted by atomic mass is 16.4. The molecule has 0 spiro atoms. The molecule has 1 heterocycles. The third kappa shape index (κ3) is 2.85. The summed E-state index contributed by atoms with van der Waals surface area (Å²) in [5, 5.41) is 8.97. The van der Waals surface area contributed by atoms with Gasteiger partial charge in [0.15, 0.2) is 0 Å². The summed E-state index contributed by atoms with van der Waals surface area (Å²) in [4.78, 5) is 10.9. The molecule has 3 nitrogen and oxygen atoms in total. The second-order valence-corrected chi connectivity index (χ2v) is 4.19. The van der Waals surface area contributed by atoms with E-state index < -0.39 is 5.97 Å². The molecule has 0 bridgehead atoms. The predicted octanol–water partition coefficient (Wildman–Crippen LogP) is 2.79. The minimum atomic E-state index is -0.840. The number of rotatable bonds is 5. The molecule has 15 heavy (non-hydrogen) atoms. The number of aryl methyl sites for hydroxylation is 1. The van der Waals surface area contributed by atoms with Gasteiger partial charge in [-0.1, -0.05) is 13.8 Å². The Morgan fingerprint density at radius 1 is 1.47 bits per heavy atom. The average Bonchev–Trinajstić information content (AvgIpc) is 2.57. The lowest BCUT2D eigenvalue weighted by molar-refractivity contribution is 0.0685. The Morgan fingerprint density at radius 3 is 2.60 bits per heavy atom. The topological polar surface area (TPSA) is 42.2 Å². The third-order valence-corrected chi connectivity index (χ3v) is 2.58. The van der Waals surface area contributed by atoms with Crippen LogP contribution < -0.4 is 0 Å². The van der Waals surface area contributed by atoms with Crippen LogP contribution in [0.5, 0.6) is 0 Å². The van der Waals surface area contributed by atoms with Crippen LogP contribution in [-0.4, -0.2) is 15.6 Å². The summed E-state index contributed by atoms with van der Waals surface area (Å²) >= 11 is 0. The number of carbonyl (C=O) groups is 1. The maximum atomic E-state index is 10.9. The summed E-state index contributed by atoms with van der Waals surface area (Å²) in [6.45, 7) is 7.06. The minimum Gasteiger partial charge on any atom is -0.477 e. The zero-order valence-electron chi connectivity index (χ0n) is 9.66. The quantitative estimate of drug-likeness (QED) is 0.810. The van der Waals surface area contributed by atoms with Crippen molar-refractivity contribution < 1.29 is 9.90 Å². The zero-order valence-corrected chi connectivity index (χ0v) is 9.66. The Hall–Kier alpha value is -1.25. The standard InChI is InChI=1S/C12H19NO2/c1-4-13-10(6-5-9(2)3)7-8-11(13)12(14)15/h7-9H,4-6H2,1-3H3,(H,14,15). The smallest absolute Gasteiger partial charge is 0.352 e. The summed E-state index contributed by atoms with van der Waals surface area (Å²) in [5.74, 6) is -0.189. The molecule has 0 aliphatic heterocycles. The second-order valence-electron chi connectivity index (χ2n) is 4.19. The van der Waals surface area contributed by atoms with Crippen LogP contribution in [0.2, 0.25) is 0 Å². The first-order valence-corrected chi connectivity index (χ1v) is 5.48. The van der Waals surface area contributed by atoms with Crippen molar-refractivity contribution in [2.45, 2.75) is 40.2 Å². The van der Waals surface area contributed by atoms with Gasteiger partial charge in [0.2, 0.25) is 0 Å². The van der Waals surface area contributed by atoms with Gasteiger partial charge in [-0.15, -0.1) is 0 Å². The van der Waals surface area contributed by atoms with Crippen molar-refractivity contribution in [1.29, 1.82) is 0 Å². The summed E-state index contributed by atoms with van der Waals surface area (Å²) < 4.78 is 1.88. The van der Waals surface area contributed by atoms with Gasteiger partial charge in [-0.3, -0.25) is 0 Å². The van der Waals surface area contributed by atoms with Gasteiger partial charge < -0.3 is 9.67 Å². The van der Waals surface area contributed by atoms with E-state index in [1.807, 2.05) is 17.6 Å². The van der Waals surface area contributed by atoms with Gasteiger partial charge in [-0.2, -0.15) is 0 Å². The first-order valence-electron chi connectivity index (χ1n) is 5.48. The van der Waals surface area contributed by atoms with E-state index in [-0.39, 0.29) is 0 Å². The SMILES string of the molecule is CCn1c(CCC(C)C)ccc1C(=O)O. The molecule has 1 aromatic heterocycles. The van der Waals surface area contributed by atoms with Gasteiger partial charge in [0, 0.05) is 12.2 Å². The van der Waals surface area contributed by atoms with Gasteiger partial charge in [-0.25, -0.2) is 4.79 Å². The van der Waals surface area contributed by atoms with Crippen LogP contribution in [0.15, 0.2) is 12.1 Å². The van der Waals surface area contributed by atoms with E-state index in [4.69, 9.17) is 5.11 Å². The predicted molar refractivity (Wildman–Crippen MR) is 60.2 cm³/mol. The molecule has 1 N–H and O–H groups in total. The van der Waals surface area contributed by atoms with Gasteiger partial charge in [-0.05, 0) is 37.8 Å². The molecule has 3 heteroatoms.